The van der Waals surface area contributed by atoms with Crippen LogP contribution in [0.1, 0.15) is 124 Å². The normalized spacial score (nSPS) is 24.8. The summed E-state index contributed by atoms with van der Waals surface area (Å²) < 4.78 is 5.84. The summed E-state index contributed by atoms with van der Waals surface area (Å²) in [5, 5.41) is 43.4. The van der Waals surface area contributed by atoms with E-state index >= 15 is 0 Å². The molecule has 8 nitrogen and oxygen atoms in total. The maximum Gasteiger partial charge on any atom is 0.306 e. The fourth-order valence-electron chi connectivity index (χ4n) is 5.35. The van der Waals surface area contributed by atoms with E-state index in [4.69, 9.17) is 4.74 Å². The van der Waals surface area contributed by atoms with E-state index in [2.05, 4.69) is 12.2 Å². The summed E-state index contributed by atoms with van der Waals surface area (Å²) in [5.74, 6) is -2.43. The van der Waals surface area contributed by atoms with Crippen LogP contribution in [0.5, 0.6) is 0 Å². The number of amides is 1. The molecule has 38 heavy (non-hydrogen) atoms. The van der Waals surface area contributed by atoms with Crippen molar-refractivity contribution >= 4 is 11.9 Å². The predicted octanol–water partition coefficient (Wildman–Crippen LogP) is 4.82. The van der Waals surface area contributed by atoms with Gasteiger partial charge in [-0.25, -0.2) is 0 Å². The Kier molecular flexibility index (Phi) is 17.4. The molecule has 0 saturated heterocycles. The number of nitrogens with one attached hydrogen (secondary N) is 1. The number of hydrogen-bond acceptors (Lipinski definition) is 6. The van der Waals surface area contributed by atoms with E-state index in [1.807, 2.05) is 20.8 Å². The van der Waals surface area contributed by atoms with Gasteiger partial charge in [-0.2, -0.15) is 0 Å². The summed E-state index contributed by atoms with van der Waals surface area (Å²) in [6.45, 7) is 9.13. The molecule has 0 radical (unpaired) electrons. The molecule has 1 unspecified atom stereocenters. The maximum atomic E-state index is 12.7. The van der Waals surface area contributed by atoms with Crippen LogP contribution in [0.2, 0.25) is 0 Å². The Morgan fingerprint density at radius 3 is 1.97 bits per heavy atom. The lowest BCUT2D eigenvalue weighted by molar-refractivity contribution is -0.179. The molecule has 1 aliphatic rings. The van der Waals surface area contributed by atoms with Crippen LogP contribution in [0, 0.1) is 17.3 Å². The minimum absolute atomic E-state index is 0.0635. The van der Waals surface area contributed by atoms with Crippen molar-refractivity contribution in [3.8, 4) is 0 Å². The first kappa shape index (κ1) is 34.8. The Bertz CT molecular complexity index is 651. The molecular formula is C30H57NO7. The van der Waals surface area contributed by atoms with Gasteiger partial charge in [0.2, 0.25) is 5.91 Å². The van der Waals surface area contributed by atoms with Gasteiger partial charge in [-0.15, -0.1) is 0 Å². The van der Waals surface area contributed by atoms with Gasteiger partial charge < -0.3 is 30.5 Å². The summed E-state index contributed by atoms with van der Waals surface area (Å²) in [6, 6.07) is 0. The van der Waals surface area contributed by atoms with Crippen LogP contribution < -0.4 is 5.32 Å². The molecular weight excluding hydrogens is 486 g/mol. The number of ether oxygens (including phenoxy) is 1. The first-order chi connectivity index (χ1) is 18.0. The number of carboxylic acid groups (broad SMARTS) is 1. The lowest BCUT2D eigenvalue weighted by Gasteiger charge is -2.39. The highest BCUT2D eigenvalue weighted by molar-refractivity contribution is 5.79. The molecule has 1 aliphatic carbocycles. The van der Waals surface area contributed by atoms with E-state index < -0.39 is 42.2 Å². The van der Waals surface area contributed by atoms with Gasteiger partial charge >= 0.3 is 5.97 Å². The van der Waals surface area contributed by atoms with Gasteiger partial charge in [-0.3, -0.25) is 9.59 Å². The lowest BCUT2D eigenvalue weighted by atomic mass is 9.80. The molecule has 5 N–H and O–H groups in total. The average molecular weight is 544 g/mol. The fourth-order valence-corrected chi connectivity index (χ4v) is 5.35. The standard InChI is InChI=1S/C30H57NO7/c1-5-6-7-8-9-10-11-12-13-16-19-38-24-20-23(25(32)27(34)26(24)33)28(35)31-18-15-14-17-22(29(36)37)21-30(2,3)4/h22-27,32-34H,5-21H2,1-4H3,(H,31,35)(H,36,37)/t22-,23+,24-,25-,26?,27+/m1/s1. The van der Waals surface area contributed by atoms with Crippen molar-refractivity contribution in [2.24, 2.45) is 17.3 Å². The molecule has 224 valence electrons. The zero-order valence-corrected chi connectivity index (χ0v) is 24.5. The Balaban J connectivity index is 2.32. The molecule has 6 atom stereocenters. The average Bonchev–Trinajstić information content (AvgIpc) is 2.85. The van der Waals surface area contributed by atoms with Crippen LogP contribution in [0.25, 0.3) is 0 Å². The molecule has 1 saturated carbocycles. The van der Waals surface area contributed by atoms with Crippen LogP contribution in [-0.2, 0) is 14.3 Å². The predicted molar refractivity (Wildman–Crippen MR) is 150 cm³/mol. The van der Waals surface area contributed by atoms with Gasteiger partial charge in [-0.05, 0) is 37.5 Å². The molecule has 1 amide bonds. The van der Waals surface area contributed by atoms with E-state index in [-0.39, 0.29) is 17.7 Å². The number of aliphatic hydroxyl groups excluding tert-OH is 3. The zero-order valence-electron chi connectivity index (χ0n) is 24.5. The summed E-state index contributed by atoms with van der Waals surface area (Å²) in [4.78, 5) is 24.3. The van der Waals surface area contributed by atoms with Gasteiger partial charge in [-0.1, -0.05) is 91.9 Å². The number of aliphatic carboxylic acids is 1. The number of carboxylic acids is 1. The quantitative estimate of drug-likeness (QED) is 0.139. The van der Waals surface area contributed by atoms with Gasteiger partial charge in [0, 0.05) is 13.2 Å². The lowest BCUT2D eigenvalue weighted by Crippen LogP contribution is -2.57. The number of carbonyl (C=O) groups excluding carboxylic acids is 1. The molecule has 8 heteroatoms. The zero-order chi connectivity index (χ0) is 28.6. The summed E-state index contributed by atoms with van der Waals surface area (Å²) in [5.41, 5.74) is -0.0635. The number of hydrogen-bond donors (Lipinski definition) is 5. The number of unbranched alkanes of at least 4 members (excludes halogenated alkanes) is 10. The van der Waals surface area contributed by atoms with E-state index in [0.717, 1.165) is 19.3 Å². The highest BCUT2D eigenvalue weighted by atomic mass is 16.5. The third-order valence-corrected chi connectivity index (χ3v) is 7.63. The molecule has 0 bridgehead atoms. The van der Waals surface area contributed by atoms with Crippen LogP contribution in [0.15, 0.2) is 0 Å². The van der Waals surface area contributed by atoms with Crippen molar-refractivity contribution in [3.63, 3.8) is 0 Å². The van der Waals surface area contributed by atoms with Gasteiger partial charge in [0.25, 0.3) is 0 Å². The number of carbonyl (C=O) groups is 2. The summed E-state index contributed by atoms with van der Waals surface area (Å²) >= 11 is 0. The monoisotopic (exact) mass is 543 g/mol. The molecule has 0 aromatic heterocycles. The summed E-state index contributed by atoms with van der Waals surface area (Å²) in [7, 11) is 0. The van der Waals surface area contributed by atoms with Gasteiger partial charge in [0.05, 0.1) is 24.0 Å². The van der Waals surface area contributed by atoms with Crippen molar-refractivity contribution in [2.45, 2.75) is 148 Å². The molecule has 0 aliphatic heterocycles. The Morgan fingerprint density at radius 2 is 1.42 bits per heavy atom. The second-order valence-corrected chi connectivity index (χ2v) is 12.5. The van der Waals surface area contributed by atoms with Crippen LogP contribution in [0.3, 0.4) is 0 Å². The Hall–Kier alpha value is -1.22. The third kappa shape index (κ3) is 14.2. The number of aliphatic hydroxyl groups is 3. The van der Waals surface area contributed by atoms with Crippen LogP contribution >= 0.6 is 0 Å². The second kappa shape index (κ2) is 19.0. The van der Waals surface area contributed by atoms with Gasteiger partial charge in [0.1, 0.15) is 12.2 Å². The largest absolute Gasteiger partial charge is 0.481 e. The van der Waals surface area contributed by atoms with Gasteiger partial charge in [0.15, 0.2) is 0 Å². The van der Waals surface area contributed by atoms with Crippen molar-refractivity contribution in [2.75, 3.05) is 13.2 Å². The molecule has 0 spiro atoms. The molecule has 0 aromatic carbocycles. The summed E-state index contributed by atoms with van der Waals surface area (Å²) in [6.07, 6.45) is 9.98. The Morgan fingerprint density at radius 1 is 0.842 bits per heavy atom. The first-order valence-corrected chi connectivity index (χ1v) is 15.1. The second-order valence-electron chi connectivity index (χ2n) is 12.5. The smallest absolute Gasteiger partial charge is 0.306 e. The van der Waals surface area contributed by atoms with Crippen LogP contribution in [0.4, 0.5) is 0 Å². The van der Waals surface area contributed by atoms with E-state index in [0.29, 0.717) is 38.8 Å². The third-order valence-electron chi connectivity index (χ3n) is 7.63. The molecule has 0 aromatic rings. The van der Waals surface area contributed by atoms with Crippen molar-refractivity contribution in [3.05, 3.63) is 0 Å². The Labute approximate surface area is 230 Å². The molecule has 1 fully saturated rings. The van der Waals surface area contributed by atoms with E-state index in [1.165, 1.54) is 44.9 Å². The first-order valence-electron chi connectivity index (χ1n) is 15.1. The minimum atomic E-state index is -1.44. The van der Waals surface area contributed by atoms with E-state index in [9.17, 15) is 30.0 Å². The topological polar surface area (TPSA) is 136 Å². The van der Waals surface area contributed by atoms with Crippen molar-refractivity contribution < 1.29 is 34.8 Å². The maximum absolute atomic E-state index is 12.7. The highest BCUT2D eigenvalue weighted by Gasteiger charge is 2.46. The highest BCUT2D eigenvalue weighted by Crippen LogP contribution is 2.29. The fraction of sp³-hybridized carbons (Fsp3) is 0.933. The van der Waals surface area contributed by atoms with Crippen molar-refractivity contribution in [1.29, 1.82) is 0 Å². The minimum Gasteiger partial charge on any atom is -0.481 e. The molecule has 1 rings (SSSR count). The van der Waals surface area contributed by atoms with Crippen molar-refractivity contribution in [1.82, 2.24) is 5.32 Å². The molecule has 0 heterocycles. The number of rotatable bonds is 20. The van der Waals surface area contributed by atoms with Crippen LogP contribution in [-0.4, -0.2) is 69.9 Å². The van der Waals surface area contributed by atoms with E-state index in [1.54, 1.807) is 0 Å². The SMILES string of the molecule is CCCCCCCCCCCCO[C@@H]1C[C@H](C(=O)NCCCC[C@H](CC(C)(C)C)C(=O)O)[C@@H](O)[C@H](O)C1O.